The van der Waals surface area contributed by atoms with Gasteiger partial charge in [0.1, 0.15) is 11.9 Å². The average molecular weight is 537 g/mol. The van der Waals surface area contributed by atoms with Gasteiger partial charge in [0.25, 0.3) is 0 Å². The molecule has 0 bridgehead atoms. The largest absolute Gasteiger partial charge is 0.465 e. The highest BCUT2D eigenvalue weighted by molar-refractivity contribution is 7.09. The first-order valence-corrected chi connectivity index (χ1v) is 13.8. The van der Waals surface area contributed by atoms with Gasteiger partial charge in [-0.05, 0) is 44.3 Å². The van der Waals surface area contributed by atoms with Crippen molar-refractivity contribution in [3.8, 4) is 0 Å². The van der Waals surface area contributed by atoms with E-state index in [0.717, 1.165) is 16.3 Å². The van der Waals surface area contributed by atoms with Crippen molar-refractivity contribution < 1.29 is 34.4 Å². The van der Waals surface area contributed by atoms with Crippen LogP contribution in [0.15, 0.2) is 11.0 Å². The third kappa shape index (κ3) is 6.78. The number of hydrogen-bond acceptors (Lipinski definition) is 8. The minimum atomic E-state index is -1.30. The van der Waals surface area contributed by atoms with E-state index >= 15 is 0 Å². The second-order valence-corrected chi connectivity index (χ2v) is 12.3. The molecule has 2 aliphatic heterocycles. The average Bonchev–Trinajstić information content (AvgIpc) is 3.35. The molecule has 37 heavy (non-hydrogen) atoms. The van der Waals surface area contributed by atoms with Crippen molar-refractivity contribution in [2.24, 2.45) is 17.3 Å². The van der Waals surface area contributed by atoms with Gasteiger partial charge in [0.05, 0.1) is 46.8 Å². The van der Waals surface area contributed by atoms with Crippen molar-refractivity contribution >= 4 is 35.3 Å². The van der Waals surface area contributed by atoms with Crippen LogP contribution >= 0.6 is 11.3 Å². The Labute approximate surface area is 222 Å². The van der Waals surface area contributed by atoms with Crippen LogP contribution in [0.5, 0.6) is 0 Å². The van der Waals surface area contributed by atoms with Crippen LogP contribution in [-0.4, -0.2) is 73.4 Å². The van der Waals surface area contributed by atoms with Gasteiger partial charge in [-0.25, -0.2) is 9.78 Å². The molecule has 0 unspecified atom stereocenters. The molecule has 3 rings (SSSR count). The van der Waals surface area contributed by atoms with Crippen LogP contribution in [0.4, 0.5) is 4.79 Å². The number of cyclic esters (lactones) is 1. The maximum atomic E-state index is 13.2. The molecule has 1 aromatic heterocycles. The molecule has 0 aromatic carbocycles. The van der Waals surface area contributed by atoms with E-state index in [1.807, 2.05) is 32.2 Å². The normalized spacial score (nSPS) is 34.0. The molecule has 2 aliphatic rings. The fourth-order valence-electron chi connectivity index (χ4n) is 5.38. The van der Waals surface area contributed by atoms with Gasteiger partial charge in [-0.15, -0.1) is 11.3 Å². The number of fused-ring (bicyclic) bond motifs is 1. The number of thiazole rings is 1. The Morgan fingerprint density at radius 3 is 2.49 bits per heavy atom. The molecular weight excluding hydrogens is 496 g/mol. The van der Waals surface area contributed by atoms with Crippen LogP contribution in [0.2, 0.25) is 0 Å². The molecule has 206 valence electrons. The molecule has 3 heterocycles. The number of aliphatic hydroxyl groups excluding tert-OH is 2. The Morgan fingerprint density at radius 2 is 1.89 bits per heavy atom. The first-order valence-electron chi connectivity index (χ1n) is 13.0. The standard InChI is InChI=1S/C27H40N2O7S/c1-14-8-7-9-19-20(29(19)26(34)35)11-21(15(2)10-18-13-37-17(4)28-18)36-23(31)12-22(30)27(5,6)25(33)16(3)24(14)32/h10,13-14,16,19-22,24,30,32H,7-9,11-12H2,1-6H3,(H,34,35)/t14-,16+,19+,20-,21-,22-,24-,29?/m0/s1. The second kappa shape index (κ2) is 11.6. The van der Waals surface area contributed by atoms with E-state index in [-0.39, 0.29) is 23.8 Å². The van der Waals surface area contributed by atoms with Crippen LogP contribution in [-0.2, 0) is 14.3 Å². The molecule has 0 saturated carbocycles. The Balaban J connectivity index is 1.90. The minimum absolute atomic E-state index is 0.181. The van der Waals surface area contributed by atoms with Crippen LogP contribution < -0.4 is 0 Å². The SMILES string of the molecule is CC(=Cc1csc(C)n1)[C@@H]1C[C@H]2[C@@H](CCC[C@H](C)[C@H](O)[C@@H](C)C(=O)C(C)(C)[C@@H](O)CC(=O)O1)N2C(=O)O. The summed E-state index contributed by atoms with van der Waals surface area (Å²) in [6.07, 6.45) is -0.255. The first kappa shape index (κ1) is 29.3. The van der Waals surface area contributed by atoms with E-state index < -0.39 is 48.1 Å². The quantitative estimate of drug-likeness (QED) is 0.380. The number of aromatic nitrogens is 1. The maximum Gasteiger partial charge on any atom is 0.407 e. The number of ether oxygens (including phenoxy) is 1. The summed E-state index contributed by atoms with van der Waals surface area (Å²) in [7, 11) is 0. The number of carboxylic acid groups (broad SMARTS) is 1. The van der Waals surface area contributed by atoms with Gasteiger partial charge >= 0.3 is 12.1 Å². The van der Waals surface area contributed by atoms with E-state index in [2.05, 4.69) is 4.98 Å². The van der Waals surface area contributed by atoms with E-state index in [1.54, 1.807) is 20.8 Å². The fraction of sp³-hybridized carbons (Fsp3) is 0.704. The number of aryl methyl sites for hydroxylation is 1. The van der Waals surface area contributed by atoms with Crippen molar-refractivity contribution in [1.29, 1.82) is 0 Å². The molecule has 9 nitrogen and oxygen atoms in total. The summed E-state index contributed by atoms with van der Waals surface area (Å²) < 4.78 is 5.81. The molecule has 10 heteroatoms. The molecule has 0 aliphatic carbocycles. The van der Waals surface area contributed by atoms with Gasteiger partial charge in [0, 0.05) is 17.7 Å². The summed E-state index contributed by atoms with van der Waals surface area (Å²) in [4.78, 5) is 43.9. The smallest absolute Gasteiger partial charge is 0.407 e. The highest BCUT2D eigenvalue weighted by atomic mass is 32.1. The highest BCUT2D eigenvalue weighted by Gasteiger charge is 2.52. The molecule has 7 atom stereocenters. The summed E-state index contributed by atoms with van der Waals surface area (Å²) in [5.74, 6) is -1.90. The lowest BCUT2D eigenvalue weighted by Crippen LogP contribution is -2.45. The number of rotatable bonds is 2. The summed E-state index contributed by atoms with van der Waals surface area (Å²) >= 11 is 1.50. The molecule has 1 amide bonds. The van der Waals surface area contributed by atoms with Crippen molar-refractivity contribution in [2.45, 2.75) is 104 Å². The van der Waals surface area contributed by atoms with Gasteiger partial charge in [0.15, 0.2) is 0 Å². The third-order valence-electron chi connectivity index (χ3n) is 8.04. The lowest BCUT2D eigenvalue weighted by Gasteiger charge is -2.34. The Kier molecular flexibility index (Phi) is 9.18. The lowest BCUT2D eigenvalue weighted by molar-refractivity contribution is -0.154. The number of hydrogen-bond donors (Lipinski definition) is 3. The zero-order valence-corrected chi connectivity index (χ0v) is 23.3. The number of ketones is 1. The van der Waals surface area contributed by atoms with E-state index in [9.17, 15) is 29.7 Å². The van der Waals surface area contributed by atoms with Crippen LogP contribution in [0.1, 0.15) is 77.4 Å². The van der Waals surface area contributed by atoms with Crippen molar-refractivity contribution in [3.05, 3.63) is 21.7 Å². The Hall–Kier alpha value is -2.30. The Bertz CT molecular complexity index is 1040. The third-order valence-corrected chi connectivity index (χ3v) is 8.83. The number of Topliss-reactive ketones (excluding diaryl/α,β-unsaturated/α-hetero) is 1. The summed E-state index contributed by atoms with van der Waals surface area (Å²) in [6, 6.07) is -0.500. The zero-order chi connectivity index (χ0) is 27.7. The maximum absolute atomic E-state index is 13.2. The van der Waals surface area contributed by atoms with Gasteiger partial charge in [-0.3, -0.25) is 14.5 Å². The molecule has 0 spiro atoms. The number of amides is 1. The summed E-state index contributed by atoms with van der Waals surface area (Å²) in [5.41, 5.74) is 0.195. The fourth-order valence-corrected chi connectivity index (χ4v) is 5.95. The van der Waals surface area contributed by atoms with Crippen LogP contribution in [0.3, 0.4) is 0 Å². The van der Waals surface area contributed by atoms with Gasteiger partial charge in [-0.1, -0.05) is 34.1 Å². The van der Waals surface area contributed by atoms with Crippen molar-refractivity contribution in [3.63, 3.8) is 0 Å². The van der Waals surface area contributed by atoms with Crippen molar-refractivity contribution in [1.82, 2.24) is 9.88 Å². The molecule has 2 saturated heterocycles. The predicted molar refractivity (Wildman–Crippen MR) is 140 cm³/mol. The lowest BCUT2D eigenvalue weighted by atomic mass is 9.73. The number of aliphatic hydroxyl groups is 2. The van der Waals surface area contributed by atoms with Crippen molar-refractivity contribution in [2.75, 3.05) is 0 Å². The van der Waals surface area contributed by atoms with Gasteiger partial charge in [-0.2, -0.15) is 0 Å². The van der Waals surface area contributed by atoms with E-state index in [4.69, 9.17) is 4.74 Å². The van der Waals surface area contributed by atoms with Gasteiger partial charge < -0.3 is 20.1 Å². The first-order chi connectivity index (χ1) is 17.2. The van der Waals surface area contributed by atoms with Crippen LogP contribution in [0.25, 0.3) is 6.08 Å². The monoisotopic (exact) mass is 536 g/mol. The summed E-state index contributed by atoms with van der Waals surface area (Å²) in [6.45, 7) is 10.4. The Morgan fingerprint density at radius 1 is 1.22 bits per heavy atom. The molecule has 0 radical (unpaired) electrons. The zero-order valence-electron chi connectivity index (χ0n) is 22.5. The minimum Gasteiger partial charge on any atom is -0.465 e. The number of nitrogens with zero attached hydrogens (tertiary/aromatic N) is 2. The molecule has 1 aromatic rings. The van der Waals surface area contributed by atoms with Crippen LogP contribution in [0, 0.1) is 24.2 Å². The second-order valence-electron chi connectivity index (χ2n) is 11.2. The number of carbonyl (C=O) groups is 3. The van der Waals surface area contributed by atoms with E-state index in [1.165, 1.54) is 16.2 Å². The molecule has 3 N–H and O–H groups in total. The topological polar surface area (TPSA) is 137 Å². The van der Waals surface area contributed by atoms with Gasteiger partial charge in [0.2, 0.25) is 0 Å². The highest BCUT2D eigenvalue weighted by Crippen LogP contribution is 2.39. The van der Waals surface area contributed by atoms with E-state index in [0.29, 0.717) is 25.7 Å². The number of carbonyl (C=O) groups excluding carboxylic acids is 2. The molecular formula is C27H40N2O7S. The summed E-state index contributed by atoms with van der Waals surface area (Å²) in [5, 5.41) is 34.2. The predicted octanol–water partition coefficient (Wildman–Crippen LogP) is 4.05. The molecule has 2 fully saturated rings. The number of esters is 1.